The van der Waals surface area contributed by atoms with Gasteiger partial charge in [0.2, 0.25) is 0 Å². The third-order valence-electron chi connectivity index (χ3n) is 10.6. The molecule has 0 aliphatic heterocycles. The van der Waals surface area contributed by atoms with Gasteiger partial charge in [0.25, 0.3) is 0 Å². The molecule has 0 aromatic heterocycles. The molecule has 3 aromatic carbocycles. The normalized spacial score (nSPS) is 17.6. The maximum atomic E-state index is 3.85. The predicted molar refractivity (Wildman–Crippen MR) is 241 cm³/mol. The van der Waals surface area contributed by atoms with E-state index in [9.17, 15) is 0 Å². The first kappa shape index (κ1) is 50.0. The van der Waals surface area contributed by atoms with Crippen molar-refractivity contribution in [3.63, 3.8) is 0 Å². The molecule has 0 N–H and O–H groups in total. The average molecular weight is 843 g/mol. The zero-order valence-electron chi connectivity index (χ0n) is 36.4. The number of benzene rings is 3. The number of hydrogen-bond acceptors (Lipinski definition) is 0. The van der Waals surface area contributed by atoms with E-state index in [0.29, 0.717) is 11.3 Å². The van der Waals surface area contributed by atoms with Crippen molar-refractivity contribution in [2.75, 3.05) is 0 Å². The van der Waals surface area contributed by atoms with Gasteiger partial charge < -0.3 is 7.43 Å². The second-order valence-electron chi connectivity index (χ2n) is 19.0. The Kier molecular flexibility index (Phi) is 17.1. The van der Waals surface area contributed by atoms with Gasteiger partial charge in [-0.1, -0.05) is 145 Å². The molecule has 1 atom stereocenters. The van der Waals surface area contributed by atoms with Crippen molar-refractivity contribution in [3.8, 4) is 11.1 Å². The van der Waals surface area contributed by atoms with Crippen molar-refractivity contribution in [1.82, 2.24) is 0 Å². The number of aryl methyl sites for hydroxylation is 1. The summed E-state index contributed by atoms with van der Waals surface area (Å²) in [5.74, 6) is 0.573. The van der Waals surface area contributed by atoms with Crippen LogP contribution in [0.25, 0.3) is 22.3 Å². The van der Waals surface area contributed by atoms with Gasteiger partial charge in [-0.05, 0) is 62.3 Å². The topological polar surface area (TPSA) is 0 Å². The van der Waals surface area contributed by atoms with Crippen molar-refractivity contribution in [2.24, 2.45) is 22.2 Å². The Hall–Kier alpha value is -2.05. The van der Waals surface area contributed by atoms with Crippen LogP contribution in [-0.2, 0) is 41.5 Å². The zero-order valence-corrected chi connectivity index (χ0v) is 40.5. The van der Waals surface area contributed by atoms with E-state index in [4.69, 9.17) is 0 Å². The Morgan fingerprint density at radius 1 is 0.741 bits per heavy atom. The van der Waals surface area contributed by atoms with Gasteiger partial charge in [-0.15, -0.1) is 36.4 Å². The third kappa shape index (κ3) is 10.9. The number of fused-ring (bicyclic) bond motifs is 5. The summed E-state index contributed by atoms with van der Waals surface area (Å²) in [7, 11) is 0. The Bertz CT molecular complexity index is 1780. The van der Waals surface area contributed by atoms with E-state index in [1.54, 1.807) is 0 Å². The Morgan fingerprint density at radius 3 is 1.67 bits per heavy atom. The van der Waals surface area contributed by atoms with Gasteiger partial charge in [0.1, 0.15) is 0 Å². The summed E-state index contributed by atoms with van der Waals surface area (Å²) in [6, 6.07) is 20.8. The second kappa shape index (κ2) is 18.5. The van der Waals surface area contributed by atoms with Gasteiger partial charge in [-0.25, -0.2) is 11.6 Å². The van der Waals surface area contributed by atoms with E-state index < -0.39 is 0 Å². The number of rotatable bonds is 1. The summed E-state index contributed by atoms with van der Waals surface area (Å²) >= 11 is 1.30. The van der Waals surface area contributed by atoms with Gasteiger partial charge in [0.05, 0.1) is 0 Å². The maximum absolute atomic E-state index is 3.85. The molecule has 0 saturated heterocycles. The van der Waals surface area contributed by atoms with Crippen molar-refractivity contribution in [3.05, 3.63) is 137 Å². The molecule has 0 radical (unpaired) electrons. The molecule has 4 aliphatic rings. The molecule has 0 saturated carbocycles. The molecule has 0 bridgehead atoms. The maximum Gasteiger partial charge on any atom is -0.358 e. The van der Waals surface area contributed by atoms with E-state index in [1.165, 1.54) is 97.4 Å². The quantitative estimate of drug-likeness (QED) is 0.168. The van der Waals surface area contributed by atoms with E-state index in [1.807, 2.05) is 24.3 Å². The van der Waals surface area contributed by atoms with Crippen LogP contribution in [-0.4, -0.2) is 4.21 Å². The fourth-order valence-electron chi connectivity index (χ4n) is 7.63. The minimum absolute atomic E-state index is 0. The Balaban J connectivity index is 0.000000525. The number of hydrogen-bond donors (Lipinski definition) is 0. The molecule has 0 fully saturated rings. The monoisotopic (exact) mass is 840 g/mol. The standard InChI is InChI=1S/C31H37.C11H17.C7H7.CH3.CH2.2ClH.Zr/c1-28(2,3)26-16-30(7,8)24-12-18-11-19-13-25-23(15-21(19)20(18)14-22(24)26)27(29(4,5)6)17-31(25,9)10;1-5-9-6-7-10(8-9)11(2,3)4;1-7-5-3-2-4-6-7;;;;;/h12-16H,11H2,1-10H3;7-9H,5H2,1-4H3;3-6H,1H3;1H3;1H2;2*1H;/q4*-1;;;;. The molecule has 4 aliphatic carbocycles. The fraction of sp³-hybridized carbons (Fsp3) is 0.451. The van der Waals surface area contributed by atoms with Gasteiger partial charge in [-0.2, -0.15) is 53.1 Å². The minimum Gasteiger partial charge on any atom is -0.358 e. The summed E-state index contributed by atoms with van der Waals surface area (Å²) in [5.41, 5.74) is 17.9. The first-order valence-corrected chi connectivity index (χ1v) is 20.6. The van der Waals surface area contributed by atoms with Crippen molar-refractivity contribution >= 4 is 40.2 Å². The summed E-state index contributed by atoms with van der Waals surface area (Å²) in [4.78, 5) is 0. The zero-order chi connectivity index (χ0) is 38.3. The van der Waals surface area contributed by atoms with Crippen molar-refractivity contribution < 1.29 is 24.2 Å². The molecule has 0 amide bonds. The van der Waals surface area contributed by atoms with Crippen LogP contribution in [0, 0.1) is 54.7 Å². The van der Waals surface area contributed by atoms with Crippen LogP contribution < -0.4 is 0 Å². The van der Waals surface area contributed by atoms with Crippen LogP contribution >= 0.6 is 24.8 Å². The first-order chi connectivity index (χ1) is 23.5. The van der Waals surface area contributed by atoms with Crippen LogP contribution in [0.2, 0.25) is 0 Å². The molecular formula is C51H68Cl2Zr-4. The van der Waals surface area contributed by atoms with Crippen LogP contribution in [0.1, 0.15) is 142 Å². The van der Waals surface area contributed by atoms with Crippen LogP contribution in [0.3, 0.4) is 0 Å². The van der Waals surface area contributed by atoms with Crippen LogP contribution in [0.4, 0.5) is 0 Å². The molecule has 0 heterocycles. The predicted octanol–water partition coefficient (Wildman–Crippen LogP) is 14.9. The van der Waals surface area contributed by atoms with Gasteiger partial charge in [-0.3, -0.25) is 12.2 Å². The number of halogens is 2. The molecule has 3 heteroatoms. The Morgan fingerprint density at radius 2 is 1.26 bits per heavy atom. The van der Waals surface area contributed by atoms with E-state index >= 15 is 0 Å². The first-order valence-electron chi connectivity index (χ1n) is 18.9. The van der Waals surface area contributed by atoms with E-state index in [2.05, 4.69) is 169 Å². The summed E-state index contributed by atoms with van der Waals surface area (Å²) in [5, 5.41) is 0. The van der Waals surface area contributed by atoms with Crippen molar-refractivity contribution in [2.45, 2.75) is 128 Å². The molecule has 294 valence electrons. The average Bonchev–Trinajstić information content (AvgIpc) is 3.79. The summed E-state index contributed by atoms with van der Waals surface area (Å²) in [6.07, 6.45) is 16.4. The van der Waals surface area contributed by atoms with Gasteiger partial charge in [0, 0.05) is 5.41 Å². The smallest absolute Gasteiger partial charge is 0.358 e. The van der Waals surface area contributed by atoms with Gasteiger partial charge >= 0.3 is 28.4 Å². The molecule has 3 aromatic rings. The van der Waals surface area contributed by atoms with Gasteiger partial charge in [0.15, 0.2) is 0 Å². The van der Waals surface area contributed by atoms with Crippen LogP contribution in [0.5, 0.6) is 0 Å². The molecular weight excluding hydrogens is 775 g/mol. The molecule has 54 heavy (non-hydrogen) atoms. The largest absolute Gasteiger partial charge is 0.358 e. The molecule has 1 unspecified atom stereocenters. The van der Waals surface area contributed by atoms with Crippen molar-refractivity contribution in [1.29, 1.82) is 0 Å². The summed E-state index contributed by atoms with van der Waals surface area (Å²) in [6.45, 7) is 34.3. The molecule has 0 spiro atoms. The molecule has 7 rings (SSSR count). The van der Waals surface area contributed by atoms with Crippen LogP contribution in [0.15, 0.2) is 72.3 Å². The Labute approximate surface area is 359 Å². The third-order valence-corrected chi connectivity index (χ3v) is 10.6. The molecule has 0 nitrogen and oxygen atoms in total. The van der Waals surface area contributed by atoms with E-state index in [0.717, 1.165) is 6.42 Å². The SMILES string of the molecule is CC(C)(C)C1=[C-]C(C)(C)c2cc3c(cc21)-c1cc2c(cc1C3)C(C)(C)C=C2C(C)(C)C.CCC1[C-]=CC(C(C)(C)C)=C1.Cc1cc[c-]cc1.Cl.Cl.[CH2]=[Zr].[CH3-]. The fourth-order valence-corrected chi connectivity index (χ4v) is 7.63. The van der Waals surface area contributed by atoms with E-state index in [-0.39, 0.29) is 53.9 Å². The minimum atomic E-state index is -0.0202. The number of allylic oxidation sites excluding steroid dienone is 8. The summed E-state index contributed by atoms with van der Waals surface area (Å²) < 4.78 is 3.34. The second-order valence-corrected chi connectivity index (χ2v) is 19.0.